The van der Waals surface area contributed by atoms with Gasteiger partial charge >= 0.3 is 6.18 Å². The van der Waals surface area contributed by atoms with Crippen molar-refractivity contribution >= 4 is 10.0 Å². The smallest absolute Gasteiger partial charge is 0.207 e. The molecule has 0 N–H and O–H groups in total. The standard InChI is InChI=1S/C22H22F3NO2S/c1-4-5-9-16-26(29(27,28)20-14-12-17(2)13-15-20)21(18(3)22(23,24)25)19-10-7-6-8-11-19/h6-8,10-15,21H,3-4,16H2,1-2H3. The van der Waals surface area contributed by atoms with Gasteiger partial charge in [-0.25, -0.2) is 8.42 Å². The van der Waals surface area contributed by atoms with Crippen molar-refractivity contribution in [1.82, 2.24) is 4.31 Å². The van der Waals surface area contributed by atoms with Crippen LogP contribution in [0.15, 0.2) is 71.6 Å². The number of nitrogens with zero attached hydrogens (tertiary/aromatic N) is 1. The van der Waals surface area contributed by atoms with E-state index in [4.69, 9.17) is 0 Å². The molecule has 0 fully saturated rings. The summed E-state index contributed by atoms with van der Waals surface area (Å²) in [6, 6.07) is 12.0. The zero-order valence-corrected chi connectivity index (χ0v) is 17.0. The Morgan fingerprint density at radius 2 is 1.66 bits per heavy atom. The first-order chi connectivity index (χ1) is 13.6. The van der Waals surface area contributed by atoms with Gasteiger partial charge in [0.2, 0.25) is 10.0 Å². The van der Waals surface area contributed by atoms with Crippen LogP contribution in [-0.4, -0.2) is 25.4 Å². The van der Waals surface area contributed by atoms with Gasteiger partial charge in [0, 0.05) is 12.0 Å². The highest BCUT2D eigenvalue weighted by Crippen LogP contribution is 2.40. The molecule has 1 atom stereocenters. The summed E-state index contributed by atoms with van der Waals surface area (Å²) in [6.07, 6.45) is -4.33. The highest BCUT2D eigenvalue weighted by atomic mass is 32.2. The average molecular weight is 421 g/mol. The van der Waals surface area contributed by atoms with Crippen LogP contribution < -0.4 is 0 Å². The first-order valence-corrected chi connectivity index (χ1v) is 10.4. The highest BCUT2D eigenvalue weighted by molar-refractivity contribution is 7.89. The molecule has 0 heterocycles. The Morgan fingerprint density at radius 3 is 2.17 bits per heavy atom. The number of halogens is 3. The molecule has 0 saturated heterocycles. The van der Waals surface area contributed by atoms with Gasteiger partial charge in [-0.15, -0.1) is 5.92 Å². The van der Waals surface area contributed by atoms with E-state index in [1.807, 2.05) is 0 Å². The molecule has 0 amide bonds. The Morgan fingerprint density at radius 1 is 1.07 bits per heavy atom. The molecule has 3 nitrogen and oxygen atoms in total. The Labute approximate surface area is 169 Å². The van der Waals surface area contributed by atoms with Crippen molar-refractivity contribution in [2.75, 3.05) is 6.54 Å². The monoisotopic (exact) mass is 421 g/mol. The van der Waals surface area contributed by atoms with Gasteiger partial charge in [0.15, 0.2) is 0 Å². The number of aryl methyl sites for hydroxylation is 1. The summed E-state index contributed by atoms with van der Waals surface area (Å²) in [5, 5.41) is 0. The van der Waals surface area contributed by atoms with Crippen molar-refractivity contribution in [3.63, 3.8) is 0 Å². The normalized spacial score (nSPS) is 12.9. The molecule has 154 valence electrons. The molecule has 0 aliphatic carbocycles. The SMILES string of the molecule is C=C(C(c1ccccc1)N(CC#CCC)S(=O)(=O)c1ccc(C)cc1)C(F)(F)F. The van der Waals surface area contributed by atoms with Crippen molar-refractivity contribution in [3.05, 3.63) is 77.9 Å². The van der Waals surface area contributed by atoms with Crippen molar-refractivity contribution in [2.24, 2.45) is 0 Å². The van der Waals surface area contributed by atoms with Gasteiger partial charge in [-0.2, -0.15) is 17.5 Å². The van der Waals surface area contributed by atoms with E-state index in [0.717, 1.165) is 9.87 Å². The molecule has 2 rings (SSSR count). The van der Waals surface area contributed by atoms with Gasteiger partial charge in [-0.3, -0.25) is 0 Å². The van der Waals surface area contributed by atoms with Gasteiger partial charge in [-0.1, -0.05) is 67.5 Å². The van der Waals surface area contributed by atoms with Crippen LogP contribution >= 0.6 is 0 Å². The van der Waals surface area contributed by atoms with Gasteiger partial charge < -0.3 is 0 Å². The molecule has 0 radical (unpaired) electrons. The summed E-state index contributed by atoms with van der Waals surface area (Å²) in [7, 11) is -4.28. The fourth-order valence-corrected chi connectivity index (χ4v) is 4.26. The quantitative estimate of drug-likeness (QED) is 0.471. The Bertz CT molecular complexity index is 1000. The van der Waals surface area contributed by atoms with Crippen molar-refractivity contribution in [3.8, 4) is 11.8 Å². The molecule has 0 saturated carbocycles. The maximum Gasteiger partial charge on any atom is 0.414 e. The molecule has 0 aromatic heterocycles. The van der Waals surface area contributed by atoms with Crippen LogP contribution in [0.1, 0.15) is 30.5 Å². The third-order valence-electron chi connectivity index (χ3n) is 4.26. The molecule has 7 heteroatoms. The van der Waals surface area contributed by atoms with E-state index in [1.54, 1.807) is 44.2 Å². The highest BCUT2D eigenvalue weighted by Gasteiger charge is 2.44. The van der Waals surface area contributed by atoms with E-state index >= 15 is 0 Å². The predicted octanol–water partition coefficient (Wildman–Crippen LogP) is 5.26. The Balaban J connectivity index is 2.68. The minimum atomic E-state index is -4.78. The van der Waals surface area contributed by atoms with E-state index in [-0.39, 0.29) is 10.5 Å². The summed E-state index contributed by atoms with van der Waals surface area (Å²) in [5.41, 5.74) is -0.165. The lowest BCUT2D eigenvalue weighted by atomic mass is 9.99. The molecule has 0 aliphatic rings. The Kier molecular flexibility index (Phi) is 7.28. The van der Waals surface area contributed by atoms with Crippen LogP contribution in [0.25, 0.3) is 0 Å². The minimum Gasteiger partial charge on any atom is -0.207 e. The van der Waals surface area contributed by atoms with Gasteiger partial charge in [0.25, 0.3) is 0 Å². The van der Waals surface area contributed by atoms with Crippen LogP contribution in [0, 0.1) is 18.8 Å². The molecular formula is C22H22F3NO2S. The van der Waals surface area contributed by atoms with Crippen molar-refractivity contribution < 1.29 is 21.6 Å². The number of hydrogen-bond acceptors (Lipinski definition) is 2. The summed E-state index contributed by atoms with van der Waals surface area (Å²) < 4.78 is 68.3. The van der Waals surface area contributed by atoms with Crippen LogP contribution in [0.4, 0.5) is 13.2 Å². The summed E-state index contributed by atoms with van der Waals surface area (Å²) in [4.78, 5) is -0.0997. The summed E-state index contributed by atoms with van der Waals surface area (Å²) in [5.74, 6) is 5.40. The molecule has 2 aromatic rings. The molecule has 1 unspecified atom stereocenters. The third kappa shape index (κ3) is 5.49. The first-order valence-electron chi connectivity index (χ1n) is 8.94. The average Bonchev–Trinajstić information content (AvgIpc) is 2.67. The lowest BCUT2D eigenvalue weighted by Gasteiger charge is -2.32. The van der Waals surface area contributed by atoms with E-state index in [0.29, 0.717) is 6.42 Å². The molecule has 29 heavy (non-hydrogen) atoms. The fraction of sp³-hybridized carbons (Fsp3) is 0.273. The Hall–Kier alpha value is -2.56. The third-order valence-corrected chi connectivity index (χ3v) is 6.09. The van der Waals surface area contributed by atoms with Crippen LogP contribution in [0.5, 0.6) is 0 Å². The second-order valence-electron chi connectivity index (χ2n) is 6.41. The zero-order chi connectivity index (χ0) is 21.7. The maximum atomic E-state index is 13.6. The number of hydrogen-bond donors (Lipinski definition) is 0. The van der Waals surface area contributed by atoms with Gasteiger partial charge in [-0.05, 0) is 24.6 Å². The lowest BCUT2D eigenvalue weighted by molar-refractivity contribution is -0.0986. The van der Waals surface area contributed by atoms with E-state index in [9.17, 15) is 21.6 Å². The minimum absolute atomic E-state index is 0.0997. The predicted molar refractivity (Wildman–Crippen MR) is 108 cm³/mol. The van der Waals surface area contributed by atoms with Gasteiger partial charge in [0.1, 0.15) is 0 Å². The molecule has 2 aromatic carbocycles. The largest absolute Gasteiger partial charge is 0.414 e. The number of sulfonamides is 1. The van der Waals surface area contributed by atoms with E-state index in [1.165, 1.54) is 24.3 Å². The van der Waals surface area contributed by atoms with Crippen molar-refractivity contribution in [1.29, 1.82) is 0 Å². The van der Waals surface area contributed by atoms with Crippen LogP contribution in [-0.2, 0) is 10.0 Å². The topological polar surface area (TPSA) is 37.4 Å². The van der Waals surface area contributed by atoms with Gasteiger partial charge in [0.05, 0.1) is 17.5 Å². The van der Waals surface area contributed by atoms with Crippen LogP contribution in [0.3, 0.4) is 0 Å². The van der Waals surface area contributed by atoms with Crippen LogP contribution in [0.2, 0.25) is 0 Å². The van der Waals surface area contributed by atoms with Crippen molar-refractivity contribution in [2.45, 2.75) is 37.4 Å². The number of rotatable bonds is 6. The number of alkyl halides is 3. The molecule has 0 spiro atoms. The second kappa shape index (κ2) is 9.29. The summed E-state index contributed by atoms with van der Waals surface area (Å²) in [6.45, 7) is 6.37. The fourth-order valence-electron chi connectivity index (χ4n) is 2.75. The number of benzene rings is 2. The molecular weight excluding hydrogens is 399 g/mol. The van der Waals surface area contributed by atoms with E-state index in [2.05, 4.69) is 18.4 Å². The first kappa shape index (κ1) is 22.7. The maximum absolute atomic E-state index is 13.6. The van der Waals surface area contributed by atoms with E-state index < -0.39 is 34.4 Å². The second-order valence-corrected chi connectivity index (χ2v) is 8.30. The zero-order valence-electron chi connectivity index (χ0n) is 16.2. The lowest BCUT2D eigenvalue weighted by Crippen LogP contribution is -2.39. The molecule has 0 bridgehead atoms. The molecule has 0 aliphatic heterocycles. The summed E-state index contributed by atoms with van der Waals surface area (Å²) >= 11 is 0.